The van der Waals surface area contributed by atoms with Gasteiger partial charge >= 0.3 is 0 Å². The number of methoxy groups -OCH3 is 1. The number of ether oxygens (including phenoxy) is 1. The Morgan fingerprint density at radius 3 is 2.50 bits per heavy atom. The number of aromatic nitrogens is 3. The molecule has 8 nitrogen and oxygen atoms in total. The molecule has 1 N–H and O–H groups in total. The van der Waals surface area contributed by atoms with Gasteiger partial charge in [0.2, 0.25) is 11.8 Å². The fourth-order valence-corrected chi connectivity index (χ4v) is 3.88. The van der Waals surface area contributed by atoms with Crippen molar-refractivity contribution in [3.63, 3.8) is 0 Å². The maximum Gasteiger partial charge on any atom is 0.247 e. The van der Waals surface area contributed by atoms with Crippen LogP contribution in [0.1, 0.15) is 17.2 Å². The summed E-state index contributed by atoms with van der Waals surface area (Å²) in [7, 11) is 1.49. The molecule has 2 amide bonds. The largest absolute Gasteiger partial charge is 0.383 e. The third-order valence-corrected chi connectivity index (χ3v) is 5.66. The second-order valence-electron chi connectivity index (χ2n) is 8.09. The van der Waals surface area contributed by atoms with Gasteiger partial charge in [-0.05, 0) is 35.9 Å². The molecule has 0 aliphatic heterocycles. The predicted molar refractivity (Wildman–Crippen MR) is 129 cm³/mol. The number of amides is 2. The Morgan fingerprint density at radius 1 is 1.03 bits per heavy atom. The number of carbonyl (C=O) groups is 2. The van der Waals surface area contributed by atoms with E-state index >= 15 is 0 Å². The zero-order valence-electron chi connectivity index (χ0n) is 19.6. The summed E-state index contributed by atoms with van der Waals surface area (Å²) < 4.78 is 34.9. The fraction of sp³-hybridized carbons (Fsp3) is 0.231. The van der Waals surface area contributed by atoms with Gasteiger partial charge in [-0.3, -0.25) is 9.59 Å². The molecule has 0 radical (unpaired) electrons. The van der Waals surface area contributed by atoms with Gasteiger partial charge in [-0.15, -0.1) is 5.10 Å². The number of para-hydroxylation sites is 1. The van der Waals surface area contributed by atoms with E-state index < -0.39 is 29.5 Å². The number of benzene rings is 3. The number of halogens is 2. The Morgan fingerprint density at radius 2 is 1.75 bits per heavy atom. The van der Waals surface area contributed by atoms with E-state index in [0.717, 1.165) is 0 Å². The molecule has 10 heteroatoms. The van der Waals surface area contributed by atoms with E-state index in [4.69, 9.17) is 4.74 Å². The van der Waals surface area contributed by atoms with Crippen molar-refractivity contribution in [3.8, 4) is 0 Å². The monoisotopic (exact) mass is 493 g/mol. The molecule has 1 aromatic heterocycles. The van der Waals surface area contributed by atoms with Crippen molar-refractivity contribution in [1.29, 1.82) is 0 Å². The number of nitrogens with one attached hydrogen (secondary N) is 1. The summed E-state index contributed by atoms with van der Waals surface area (Å²) in [4.78, 5) is 28.3. The van der Waals surface area contributed by atoms with Crippen molar-refractivity contribution < 1.29 is 23.1 Å². The zero-order chi connectivity index (χ0) is 25.5. The second kappa shape index (κ2) is 11.5. The van der Waals surface area contributed by atoms with Gasteiger partial charge < -0.3 is 15.0 Å². The third kappa shape index (κ3) is 5.72. The minimum atomic E-state index is -1.30. The van der Waals surface area contributed by atoms with E-state index in [1.165, 1.54) is 59.2 Å². The topological polar surface area (TPSA) is 89.4 Å². The van der Waals surface area contributed by atoms with Gasteiger partial charge in [0.1, 0.15) is 29.7 Å². The molecule has 1 atom stereocenters. The highest BCUT2D eigenvalue weighted by molar-refractivity contribution is 5.89. The van der Waals surface area contributed by atoms with Crippen LogP contribution in [0, 0.1) is 11.6 Å². The van der Waals surface area contributed by atoms with Crippen LogP contribution in [-0.2, 0) is 27.4 Å². The Hall–Kier alpha value is -4.18. The maximum atomic E-state index is 15.0. The molecule has 0 spiro atoms. The molecule has 0 aliphatic carbocycles. The summed E-state index contributed by atoms with van der Waals surface area (Å²) in [5, 5.41) is 10.9. The molecular formula is C26H25F2N5O3. The first-order valence-electron chi connectivity index (χ1n) is 11.3. The molecular weight excluding hydrogens is 468 g/mol. The number of fused-ring (bicyclic) bond motifs is 1. The van der Waals surface area contributed by atoms with Crippen LogP contribution in [0.3, 0.4) is 0 Å². The van der Waals surface area contributed by atoms with Gasteiger partial charge in [0.05, 0.1) is 12.1 Å². The lowest BCUT2D eigenvalue weighted by Crippen LogP contribution is -2.45. The minimum Gasteiger partial charge on any atom is -0.383 e. The first-order valence-corrected chi connectivity index (χ1v) is 11.3. The molecule has 36 heavy (non-hydrogen) atoms. The lowest BCUT2D eigenvalue weighted by Gasteiger charge is -2.32. The van der Waals surface area contributed by atoms with E-state index in [9.17, 15) is 18.4 Å². The van der Waals surface area contributed by atoms with Gasteiger partial charge in [0, 0.05) is 25.8 Å². The van der Waals surface area contributed by atoms with Crippen LogP contribution < -0.4 is 5.32 Å². The van der Waals surface area contributed by atoms with Crippen LogP contribution in [0.25, 0.3) is 11.0 Å². The average molecular weight is 494 g/mol. The quantitative estimate of drug-likeness (QED) is 0.343. The molecule has 3 aromatic carbocycles. The van der Waals surface area contributed by atoms with Crippen molar-refractivity contribution >= 4 is 22.8 Å². The van der Waals surface area contributed by atoms with Gasteiger partial charge in [-0.2, -0.15) is 0 Å². The Balaban J connectivity index is 1.74. The van der Waals surface area contributed by atoms with Gasteiger partial charge in [0.15, 0.2) is 0 Å². The number of nitrogens with zero attached hydrogens (tertiary/aromatic N) is 4. The Labute approximate surface area is 206 Å². The molecule has 4 rings (SSSR count). The van der Waals surface area contributed by atoms with Crippen LogP contribution in [0.15, 0.2) is 72.8 Å². The molecule has 0 saturated carbocycles. The normalized spacial score (nSPS) is 11.9. The molecule has 1 heterocycles. The maximum absolute atomic E-state index is 15.0. The first kappa shape index (κ1) is 24.9. The molecule has 0 saturated heterocycles. The highest BCUT2D eigenvalue weighted by atomic mass is 19.1. The van der Waals surface area contributed by atoms with E-state index in [1.807, 2.05) is 6.07 Å². The smallest absolute Gasteiger partial charge is 0.247 e. The predicted octanol–water partition coefficient (Wildman–Crippen LogP) is 3.24. The number of hydrogen-bond acceptors (Lipinski definition) is 5. The van der Waals surface area contributed by atoms with Gasteiger partial charge in [-0.1, -0.05) is 47.7 Å². The van der Waals surface area contributed by atoms with Crippen molar-refractivity contribution in [2.24, 2.45) is 0 Å². The van der Waals surface area contributed by atoms with Crippen LogP contribution in [0.4, 0.5) is 8.78 Å². The molecule has 0 aliphatic rings. The minimum absolute atomic E-state index is 0.0336. The van der Waals surface area contributed by atoms with Crippen LogP contribution in [-0.4, -0.2) is 52.0 Å². The summed E-state index contributed by atoms with van der Waals surface area (Å²) in [6.07, 6.45) is 0. The number of hydrogen-bond donors (Lipinski definition) is 1. The molecule has 0 bridgehead atoms. The summed E-state index contributed by atoms with van der Waals surface area (Å²) in [6, 6.07) is 17.2. The van der Waals surface area contributed by atoms with Crippen LogP contribution in [0.2, 0.25) is 0 Å². The lowest BCUT2D eigenvalue weighted by molar-refractivity contribution is -0.142. The van der Waals surface area contributed by atoms with Crippen LogP contribution in [0.5, 0.6) is 0 Å². The van der Waals surface area contributed by atoms with Crippen molar-refractivity contribution in [3.05, 3.63) is 95.6 Å². The zero-order valence-corrected chi connectivity index (χ0v) is 19.6. The molecule has 4 aromatic rings. The SMILES string of the molecule is COCCNC(=O)[C@H](c1ccccc1F)N(Cc1ccc(F)cc1)C(=O)Cn1nnc2ccccc21. The van der Waals surface area contributed by atoms with E-state index in [-0.39, 0.29) is 31.8 Å². The second-order valence-corrected chi connectivity index (χ2v) is 8.09. The third-order valence-electron chi connectivity index (χ3n) is 5.66. The fourth-order valence-electron chi connectivity index (χ4n) is 3.88. The van der Waals surface area contributed by atoms with E-state index in [1.54, 1.807) is 24.3 Å². The van der Waals surface area contributed by atoms with E-state index in [2.05, 4.69) is 15.6 Å². The standard InChI is InChI=1S/C26H25F2N5O3/c1-36-15-14-29-26(35)25(20-6-2-3-7-21(20)28)32(16-18-10-12-19(27)13-11-18)24(34)17-33-23-9-5-4-8-22(23)30-31-33/h2-13,25H,14-17H2,1H3,(H,29,35)/t25-/m0/s1. The van der Waals surface area contributed by atoms with Gasteiger partial charge in [-0.25, -0.2) is 13.5 Å². The Kier molecular flexibility index (Phi) is 7.96. The highest BCUT2D eigenvalue weighted by Gasteiger charge is 2.33. The molecule has 186 valence electrons. The molecule has 0 fully saturated rings. The molecule has 0 unspecified atom stereocenters. The van der Waals surface area contributed by atoms with Gasteiger partial charge in [0.25, 0.3) is 0 Å². The van der Waals surface area contributed by atoms with Crippen molar-refractivity contribution in [2.75, 3.05) is 20.3 Å². The van der Waals surface area contributed by atoms with Crippen LogP contribution >= 0.6 is 0 Å². The summed E-state index contributed by atoms with van der Waals surface area (Å²) >= 11 is 0. The summed E-state index contributed by atoms with van der Waals surface area (Å²) in [5.74, 6) is -2.14. The Bertz CT molecular complexity index is 1340. The summed E-state index contributed by atoms with van der Waals surface area (Å²) in [5.41, 5.74) is 1.85. The van der Waals surface area contributed by atoms with Crippen molar-refractivity contribution in [2.45, 2.75) is 19.1 Å². The first-order chi connectivity index (χ1) is 17.5. The van der Waals surface area contributed by atoms with E-state index in [0.29, 0.717) is 16.6 Å². The lowest BCUT2D eigenvalue weighted by atomic mass is 10.0. The number of carbonyl (C=O) groups excluding carboxylic acids is 2. The average Bonchev–Trinajstić information content (AvgIpc) is 3.29. The number of rotatable bonds is 10. The summed E-state index contributed by atoms with van der Waals surface area (Å²) in [6.45, 7) is 0.111. The highest BCUT2D eigenvalue weighted by Crippen LogP contribution is 2.27. The van der Waals surface area contributed by atoms with Crippen molar-refractivity contribution in [1.82, 2.24) is 25.2 Å².